The molecule has 19 heavy (non-hydrogen) atoms. The van der Waals surface area contributed by atoms with E-state index in [0.29, 0.717) is 6.54 Å². The summed E-state index contributed by atoms with van der Waals surface area (Å²) in [5.74, 6) is -0.812. The molecule has 0 radical (unpaired) electrons. The number of rotatable bonds is 6. The summed E-state index contributed by atoms with van der Waals surface area (Å²) in [6, 6.07) is 7.68. The zero-order valence-electron chi connectivity index (χ0n) is 10.8. The number of amides is 2. The Morgan fingerprint density at radius 3 is 2.58 bits per heavy atom. The van der Waals surface area contributed by atoms with E-state index in [-0.39, 0.29) is 12.3 Å². The van der Waals surface area contributed by atoms with Crippen LogP contribution in [-0.4, -0.2) is 24.6 Å². The molecule has 0 atom stereocenters. The maximum Gasteiger partial charge on any atom is 0.249 e. The van der Waals surface area contributed by atoms with Crippen LogP contribution in [0.5, 0.6) is 0 Å². The van der Waals surface area contributed by atoms with Crippen molar-refractivity contribution in [2.24, 2.45) is 5.10 Å². The van der Waals surface area contributed by atoms with Crippen molar-refractivity contribution in [3.63, 3.8) is 0 Å². The smallest absolute Gasteiger partial charge is 0.249 e. The number of nitrogens with zero attached hydrogens (tertiary/aromatic N) is 1. The second-order valence-electron chi connectivity index (χ2n) is 3.97. The Bertz CT molecular complexity index is 478. The standard InChI is InChI=1S/C14H17N3O2/c1-3-8-15-13(18)9-14(19)17-16-10-12-6-4-11(2)5-7-12/h3-7,10H,1,8-9H2,2H3,(H,15,18)(H,17,19). The molecule has 1 aromatic rings. The highest BCUT2D eigenvalue weighted by atomic mass is 16.2. The van der Waals surface area contributed by atoms with Crippen molar-refractivity contribution in [3.05, 3.63) is 48.0 Å². The Labute approximate surface area is 112 Å². The first-order valence-electron chi connectivity index (χ1n) is 5.88. The number of carbonyl (C=O) groups excluding carboxylic acids is 2. The molecule has 1 aromatic carbocycles. The number of aryl methyl sites for hydroxylation is 1. The van der Waals surface area contributed by atoms with E-state index >= 15 is 0 Å². The van der Waals surface area contributed by atoms with Gasteiger partial charge in [0.25, 0.3) is 0 Å². The molecule has 0 saturated carbocycles. The molecule has 0 fully saturated rings. The van der Waals surface area contributed by atoms with Gasteiger partial charge in [0, 0.05) is 6.54 Å². The van der Waals surface area contributed by atoms with Gasteiger partial charge in [0.05, 0.1) is 6.21 Å². The summed E-state index contributed by atoms with van der Waals surface area (Å²) in [7, 11) is 0. The second-order valence-corrected chi connectivity index (χ2v) is 3.97. The lowest BCUT2D eigenvalue weighted by molar-refractivity contribution is -0.129. The highest BCUT2D eigenvalue weighted by molar-refractivity contribution is 5.97. The predicted octanol–water partition coefficient (Wildman–Crippen LogP) is 1.14. The first-order valence-corrected chi connectivity index (χ1v) is 5.88. The van der Waals surface area contributed by atoms with Gasteiger partial charge in [0.2, 0.25) is 11.8 Å². The predicted molar refractivity (Wildman–Crippen MR) is 74.7 cm³/mol. The van der Waals surface area contributed by atoms with Crippen LogP contribution < -0.4 is 10.7 Å². The lowest BCUT2D eigenvalue weighted by Crippen LogP contribution is -2.29. The molecule has 0 aliphatic heterocycles. The fourth-order valence-electron chi connectivity index (χ4n) is 1.27. The average molecular weight is 259 g/mol. The lowest BCUT2D eigenvalue weighted by Gasteiger charge is -2.01. The normalized spacial score (nSPS) is 10.2. The van der Waals surface area contributed by atoms with E-state index in [4.69, 9.17) is 0 Å². The number of hydrazone groups is 1. The van der Waals surface area contributed by atoms with Crippen LogP contribution in [0.4, 0.5) is 0 Å². The summed E-state index contributed by atoms with van der Waals surface area (Å²) in [5.41, 5.74) is 4.33. The van der Waals surface area contributed by atoms with Crippen molar-refractivity contribution in [2.75, 3.05) is 6.54 Å². The van der Waals surface area contributed by atoms with Crippen LogP contribution in [0.25, 0.3) is 0 Å². The number of hydrogen-bond donors (Lipinski definition) is 2. The minimum atomic E-state index is -0.454. The topological polar surface area (TPSA) is 70.6 Å². The van der Waals surface area contributed by atoms with Crippen molar-refractivity contribution in [1.29, 1.82) is 0 Å². The Balaban J connectivity index is 2.35. The van der Waals surface area contributed by atoms with Gasteiger partial charge < -0.3 is 5.32 Å². The third-order valence-corrected chi connectivity index (χ3v) is 2.24. The maximum atomic E-state index is 11.3. The zero-order chi connectivity index (χ0) is 14.1. The summed E-state index contributed by atoms with van der Waals surface area (Å²) in [4.78, 5) is 22.6. The molecule has 0 spiro atoms. The van der Waals surface area contributed by atoms with Crippen molar-refractivity contribution in [2.45, 2.75) is 13.3 Å². The van der Waals surface area contributed by atoms with Crippen molar-refractivity contribution < 1.29 is 9.59 Å². The van der Waals surface area contributed by atoms with Crippen LogP contribution in [-0.2, 0) is 9.59 Å². The van der Waals surface area contributed by atoms with E-state index in [1.165, 1.54) is 6.21 Å². The van der Waals surface area contributed by atoms with E-state index in [1.54, 1.807) is 6.08 Å². The van der Waals surface area contributed by atoms with Crippen LogP contribution in [0.2, 0.25) is 0 Å². The molecule has 0 aromatic heterocycles. The molecule has 1 rings (SSSR count). The average Bonchev–Trinajstić information content (AvgIpc) is 2.38. The minimum Gasteiger partial charge on any atom is -0.352 e. The van der Waals surface area contributed by atoms with Crippen LogP contribution in [0.3, 0.4) is 0 Å². The number of nitrogens with one attached hydrogen (secondary N) is 2. The highest BCUT2D eigenvalue weighted by Crippen LogP contribution is 1.99. The number of benzene rings is 1. The van der Waals surface area contributed by atoms with Crippen LogP contribution in [0.1, 0.15) is 17.5 Å². The van der Waals surface area contributed by atoms with Gasteiger partial charge in [-0.3, -0.25) is 9.59 Å². The first kappa shape index (κ1) is 14.6. The monoisotopic (exact) mass is 259 g/mol. The zero-order valence-corrected chi connectivity index (χ0v) is 10.8. The largest absolute Gasteiger partial charge is 0.352 e. The van der Waals surface area contributed by atoms with Gasteiger partial charge in [-0.25, -0.2) is 5.43 Å². The van der Waals surface area contributed by atoms with Crippen LogP contribution >= 0.6 is 0 Å². The maximum absolute atomic E-state index is 11.3. The van der Waals surface area contributed by atoms with E-state index in [0.717, 1.165) is 11.1 Å². The van der Waals surface area contributed by atoms with Gasteiger partial charge in [0.15, 0.2) is 0 Å². The van der Waals surface area contributed by atoms with Gasteiger partial charge in [-0.2, -0.15) is 5.10 Å². The highest BCUT2D eigenvalue weighted by Gasteiger charge is 2.06. The fourth-order valence-corrected chi connectivity index (χ4v) is 1.27. The fraction of sp³-hybridized carbons (Fsp3) is 0.214. The summed E-state index contributed by atoms with van der Waals surface area (Å²) in [5, 5.41) is 6.29. The first-order chi connectivity index (χ1) is 9.11. The Hall–Kier alpha value is -2.43. The van der Waals surface area contributed by atoms with Gasteiger partial charge in [-0.05, 0) is 12.5 Å². The molecule has 5 heteroatoms. The Morgan fingerprint density at radius 1 is 1.26 bits per heavy atom. The molecule has 0 unspecified atom stereocenters. The number of carbonyl (C=O) groups is 2. The van der Waals surface area contributed by atoms with Crippen molar-refractivity contribution in [1.82, 2.24) is 10.7 Å². The summed E-state index contributed by atoms with van der Waals surface area (Å²) >= 11 is 0. The summed E-state index contributed by atoms with van der Waals surface area (Å²) in [6.07, 6.45) is 2.82. The minimum absolute atomic E-state index is 0.251. The molecule has 2 N–H and O–H groups in total. The van der Waals surface area contributed by atoms with Crippen molar-refractivity contribution >= 4 is 18.0 Å². The third-order valence-electron chi connectivity index (χ3n) is 2.24. The lowest BCUT2D eigenvalue weighted by atomic mass is 10.2. The van der Waals surface area contributed by atoms with Crippen molar-refractivity contribution in [3.8, 4) is 0 Å². The van der Waals surface area contributed by atoms with Gasteiger partial charge >= 0.3 is 0 Å². The molecule has 0 aliphatic carbocycles. The summed E-state index contributed by atoms with van der Waals surface area (Å²) < 4.78 is 0. The Morgan fingerprint density at radius 2 is 1.95 bits per heavy atom. The Kier molecular flexibility index (Phi) is 6.02. The molecular formula is C14H17N3O2. The number of hydrogen-bond acceptors (Lipinski definition) is 3. The van der Waals surface area contributed by atoms with Gasteiger partial charge in [-0.1, -0.05) is 35.9 Å². The quantitative estimate of drug-likeness (QED) is 0.348. The van der Waals surface area contributed by atoms with Gasteiger partial charge in [-0.15, -0.1) is 6.58 Å². The molecule has 5 nitrogen and oxygen atoms in total. The molecule has 100 valence electrons. The second kappa shape index (κ2) is 7.81. The molecule has 0 heterocycles. The van der Waals surface area contributed by atoms with E-state index in [1.807, 2.05) is 31.2 Å². The molecule has 0 saturated heterocycles. The third kappa shape index (κ3) is 6.16. The SMILES string of the molecule is C=CCNC(=O)CC(=O)NN=Cc1ccc(C)cc1. The van der Waals surface area contributed by atoms with Crippen LogP contribution in [0, 0.1) is 6.92 Å². The van der Waals surface area contributed by atoms with Gasteiger partial charge in [0.1, 0.15) is 6.42 Å². The molecule has 0 aliphatic rings. The van der Waals surface area contributed by atoms with E-state index in [2.05, 4.69) is 22.4 Å². The van der Waals surface area contributed by atoms with E-state index in [9.17, 15) is 9.59 Å². The molecular weight excluding hydrogens is 242 g/mol. The van der Waals surface area contributed by atoms with E-state index < -0.39 is 5.91 Å². The van der Waals surface area contributed by atoms with Crippen LogP contribution in [0.15, 0.2) is 42.0 Å². The summed E-state index contributed by atoms with van der Waals surface area (Å²) in [6.45, 7) is 5.80. The molecule has 2 amide bonds. The molecule has 0 bridgehead atoms.